The third kappa shape index (κ3) is 12.4. The molecule has 0 aromatic rings. The highest BCUT2D eigenvalue weighted by molar-refractivity contribution is 8.28. The molecule has 26 valence electrons. The number of hydrogen-bond acceptors (Lipinski definition) is 0. The van der Waals surface area contributed by atoms with E-state index >= 15 is 0 Å². The summed E-state index contributed by atoms with van der Waals surface area (Å²) in [5.74, 6) is 0. The molecule has 3 heteroatoms. The Morgan fingerprint density at radius 2 is 2.50 bits per heavy atom. The molecule has 0 spiro atoms. The molecule has 0 aromatic heterocycles. The van der Waals surface area contributed by atoms with Crippen molar-refractivity contribution in [3.8, 4) is 0 Å². The highest BCUT2D eigenvalue weighted by Gasteiger charge is 1.30. The molecule has 0 amide bonds. The normalized spacial score (nSPS) is 19.8. The lowest BCUT2D eigenvalue weighted by molar-refractivity contribution is 2.54. The van der Waals surface area contributed by atoms with Gasteiger partial charge >= 0.3 is 0 Å². The van der Waals surface area contributed by atoms with Gasteiger partial charge in [-0.3, -0.25) is 0 Å². The molecule has 0 bridgehead atoms. The Morgan fingerprint density at radius 3 is 2.50 bits per heavy atom. The molecular weight excluding hydrogens is 106 g/mol. The van der Waals surface area contributed by atoms with E-state index in [2.05, 4.69) is 8.02 Å². The summed E-state index contributed by atoms with van der Waals surface area (Å²) in [6.07, 6.45) is 2.00. The van der Waals surface area contributed by atoms with Crippen LogP contribution in [0.3, 0.4) is 0 Å². The van der Waals surface area contributed by atoms with Gasteiger partial charge in [0.2, 0.25) is 0 Å². The summed E-state index contributed by atoms with van der Waals surface area (Å²) in [6.45, 7) is 0. The Bertz CT molecular complexity index is 81.6. The molecule has 0 aliphatic heterocycles. The van der Waals surface area contributed by atoms with Gasteiger partial charge in [0.25, 0.3) is 0 Å². The summed E-state index contributed by atoms with van der Waals surface area (Å²) in [7, 11) is 3.85. The Hall–Kier alpha value is 0.950. The van der Waals surface area contributed by atoms with Gasteiger partial charge in [0.1, 0.15) is 0 Å². The fourth-order valence-corrected chi connectivity index (χ4v) is 0. The summed E-state index contributed by atoms with van der Waals surface area (Å²) in [5.41, 5.74) is 0. The van der Waals surface area contributed by atoms with Gasteiger partial charge in [0, 0.05) is 0 Å². The van der Waals surface area contributed by atoms with Gasteiger partial charge in [-0.05, 0) is 6.26 Å². The Balaban J connectivity index is 3.62. The zero-order chi connectivity index (χ0) is 4.28. The van der Waals surface area contributed by atoms with Gasteiger partial charge in [-0.2, -0.15) is 9.25 Å². The smallest absolute Gasteiger partial charge is 0.0988 e. The minimum Gasteiger partial charge on any atom is -0.181 e. The van der Waals surface area contributed by atoms with E-state index in [1.165, 1.54) is 0 Å². The van der Waals surface area contributed by atoms with Crippen LogP contribution in [-0.4, -0.2) is 7.53 Å². The SMILES string of the molecule is [2H]/P=[SH](/C)=P. The number of hydrogen-bond donors (Lipinski definition) is 1. The van der Waals surface area contributed by atoms with Gasteiger partial charge in [-0.1, -0.05) is 16.0 Å². The van der Waals surface area contributed by atoms with Crippen molar-refractivity contribution < 1.29 is 0 Å². The van der Waals surface area contributed by atoms with Crippen molar-refractivity contribution >= 4 is 25.2 Å². The van der Waals surface area contributed by atoms with E-state index < -0.39 is 0 Å². The number of rotatable bonds is 0. The lowest BCUT2D eigenvalue weighted by Gasteiger charge is -1.54. The first kappa shape index (κ1) is 3.15. The molecular formula is CH6P2S. The predicted molar refractivity (Wildman–Crippen MR) is 31.3 cm³/mol. The highest BCUT2D eigenvalue weighted by atomic mass is 32.7. The Labute approximate surface area is 33.5 Å². The monoisotopic (exact) mass is 113 g/mol. The zero-order valence-corrected chi connectivity index (χ0v) is 5.18. The van der Waals surface area contributed by atoms with Crippen molar-refractivity contribution in [2.75, 3.05) is 6.26 Å². The Kier molecular flexibility index (Phi) is 1.74. The molecule has 0 saturated heterocycles. The van der Waals surface area contributed by atoms with Gasteiger partial charge in [0.15, 0.2) is 0 Å². The first-order valence-electron chi connectivity index (χ1n) is 1.32. The molecule has 0 rings (SSSR count). The average molecular weight is 113 g/mol. The van der Waals surface area contributed by atoms with Crippen LogP contribution in [-0.2, 0) is 9.25 Å². The van der Waals surface area contributed by atoms with Crippen LogP contribution in [0.4, 0.5) is 0 Å². The molecule has 1 atom stereocenters. The van der Waals surface area contributed by atoms with Gasteiger partial charge in [-0.15, -0.1) is 0 Å². The fourth-order valence-electron chi connectivity index (χ4n) is 0. The van der Waals surface area contributed by atoms with Gasteiger partial charge in [0.05, 0.1) is 1.28 Å². The van der Waals surface area contributed by atoms with Crippen molar-refractivity contribution in [3.63, 3.8) is 0 Å². The first-order chi connectivity index (χ1) is 2.27. The third-order valence-corrected chi connectivity index (χ3v) is 0. The van der Waals surface area contributed by atoms with E-state index in [1.54, 1.807) is 0 Å². The minimum absolute atomic E-state index is 0.154. The lowest BCUT2D eigenvalue weighted by Crippen LogP contribution is -1.34. The predicted octanol–water partition coefficient (Wildman–Crippen LogP) is 1.08. The standard InChI is InChI=1S/CH6P2S/c1-4(2)3/h2-4H,1H3/i2D. The summed E-state index contributed by atoms with van der Waals surface area (Å²) < 4.78 is 6.61. The van der Waals surface area contributed by atoms with Crippen molar-refractivity contribution in [2.24, 2.45) is 0 Å². The van der Waals surface area contributed by atoms with E-state index in [0.717, 1.165) is 7.96 Å². The molecule has 0 saturated carbocycles. The van der Waals surface area contributed by atoms with Crippen LogP contribution in [0.15, 0.2) is 0 Å². The van der Waals surface area contributed by atoms with E-state index in [1.807, 2.05) is 6.26 Å². The van der Waals surface area contributed by atoms with E-state index in [4.69, 9.17) is 1.28 Å². The van der Waals surface area contributed by atoms with Crippen molar-refractivity contribution in [3.05, 3.63) is 0 Å². The van der Waals surface area contributed by atoms with E-state index in [0.29, 0.717) is 0 Å². The second kappa shape index (κ2) is 2.20. The van der Waals surface area contributed by atoms with E-state index in [9.17, 15) is 0 Å². The second-order valence-corrected chi connectivity index (χ2v) is 6.51. The maximum Gasteiger partial charge on any atom is 0.0988 e. The van der Waals surface area contributed by atoms with Crippen LogP contribution in [0, 0.1) is 0 Å². The molecule has 0 radical (unpaired) electrons. The molecule has 1 unspecified atom stereocenters. The van der Waals surface area contributed by atoms with Gasteiger partial charge in [-0.25, -0.2) is 0 Å². The summed E-state index contributed by atoms with van der Waals surface area (Å²) in [4.78, 5) is 0. The molecule has 0 nitrogen and oxygen atoms in total. The fraction of sp³-hybridized carbons (Fsp3) is 1.00. The average Bonchev–Trinajstić information content (AvgIpc) is 1.38. The summed E-state index contributed by atoms with van der Waals surface area (Å²) in [6, 6.07) is 0. The molecule has 0 aliphatic rings. The van der Waals surface area contributed by atoms with Crippen LogP contribution in [0.25, 0.3) is 0 Å². The molecule has 0 aromatic carbocycles. The molecule has 0 heterocycles. The third-order valence-electron chi connectivity index (χ3n) is 0. The maximum atomic E-state index is 6.61. The quantitative estimate of drug-likeness (QED) is 0.352. The summed E-state index contributed by atoms with van der Waals surface area (Å²) in [5, 5.41) is 0. The number of thiol groups is 1. The minimum atomic E-state index is -0.154. The van der Waals surface area contributed by atoms with Crippen molar-refractivity contribution in [2.45, 2.75) is 0 Å². The lowest BCUT2D eigenvalue weighted by atomic mass is 12.0. The van der Waals surface area contributed by atoms with E-state index in [-0.39, 0.29) is 9.25 Å². The largest absolute Gasteiger partial charge is 0.181 e. The summed E-state index contributed by atoms with van der Waals surface area (Å²) >= 11 is 0. The second-order valence-electron chi connectivity index (χ2n) is 0.524. The van der Waals surface area contributed by atoms with Crippen molar-refractivity contribution in [1.29, 1.82) is 1.28 Å². The molecule has 0 aliphatic carbocycles. The first-order valence-corrected chi connectivity index (χ1v) is 5.15. The Morgan fingerprint density at radius 1 is 2.25 bits per heavy atom. The van der Waals surface area contributed by atoms with Crippen LogP contribution in [0.1, 0.15) is 0 Å². The van der Waals surface area contributed by atoms with Gasteiger partial charge < -0.3 is 0 Å². The molecule has 0 N–H and O–H groups in total. The van der Waals surface area contributed by atoms with Crippen molar-refractivity contribution in [1.82, 2.24) is 0 Å². The van der Waals surface area contributed by atoms with Crippen LogP contribution in [0.2, 0.25) is 0 Å². The highest BCUT2D eigenvalue weighted by Crippen LogP contribution is 1.71. The zero-order valence-electron chi connectivity index (χ0n) is 3.39. The maximum absolute atomic E-state index is 6.61. The van der Waals surface area contributed by atoms with Crippen LogP contribution >= 0.6 is 16.0 Å². The molecule has 0 fully saturated rings. The molecule has 4 heavy (non-hydrogen) atoms. The van der Waals surface area contributed by atoms with Crippen LogP contribution in [0.5, 0.6) is 0 Å². The topological polar surface area (TPSA) is 0 Å². The van der Waals surface area contributed by atoms with Crippen LogP contribution < -0.4 is 0 Å².